The second-order valence-corrected chi connectivity index (χ2v) is 21.8. The fraction of sp³-hybridized carbons (Fsp3) is 0.615. The molecule has 0 saturated carbocycles. The number of carboxylic acid groups (broad SMARTS) is 1. The molecule has 0 bridgehead atoms. The summed E-state index contributed by atoms with van der Waals surface area (Å²) >= 11 is 0. The van der Waals surface area contributed by atoms with Crippen LogP contribution in [0.3, 0.4) is 0 Å². The Morgan fingerprint density at radius 1 is 1.12 bits per heavy atom. The molecular formula is C26H43NO4Si2. The van der Waals surface area contributed by atoms with Gasteiger partial charge in [0.2, 0.25) is 0 Å². The highest BCUT2D eigenvalue weighted by Crippen LogP contribution is 2.38. The van der Waals surface area contributed by atoms with E-state index < -0.39 is 40.2 Å². The Labute approximate surface area is 203 Å². The van der Waals surface area contributed by atoms with Crippen LogP contribution in [0.1, 0.15) is 52.7 Å². The van der Waals surface area contributed by atoms with E-state index in [9.17, 15) is 14.7 Å². The van der Waals surface area contributed by atoms with Crippen LogP contribution in [0.25, 0.3) is 0 Å². The van der Waals surface area contributed by atoms with Crippen LogP contribution in [0.5, 0.6) is 0 Å². The van der Waals surface area contributed by atoms with Crippen molar-refractivity contribution in [2.24, 2.45) is 0 Å². The SMILES string of the molecule is CC(C)(C)N(C(=O)O)[C@@H](Cc1cccc(C#C[Si](C)(C)C)c1)[C@@H](C=O)O[Si](C)(C)C(C)(C)C. The normalized spacial score (nSPS) is 14.6. The summed E-state index contributed by atoms with van der Waals surface area (Å²) in [5, 5.41) is 10.0. The zero-order valence-corrected chi connectivity index (χ0v) is 24.4. The van der Waals surface area contributed by atoms with E-state index in [2.05, 4.69) is 65.0 Å². The van der Waals surface area contributed by atoms with Gasteiger partial charge in [-0.15, -0.1) is 5.54 Å². The molecule has 184 valence electrons. The predicted molar refractivity (Wildman–Crippen MR) is 142 cm³/mol. The molecular weight excluding hydrogens is 446 g/mol. The van der Waals surface area contributed by atoms with Crippen LogP contribution >= 0.6 is 0 Å². The lowest BCUT2D eigenvalue weighted by molar-refractivity contribution is -0.117. The van der Waals surface area contributed by atoms with Gasteiger partial charge in [0.05, 0.1) is 6.04 Å². The molecule has 1 amide bonds. The lowest BCUT2D eigenvalue weighted by Crippen LogP contribution is -2.59. The minimum atomic E-state index is -2.32. The first-order chi connectivity index (χ1) is 14.8. The summed E-state index contributed by atoms with van der Waals surface area (Å²) in [6.45, 7) is 22.6. The number of hydrogen-bond donors (Lipinski definition) is 1. The standard InChI is InChI=1S/C26H43NO4Si2/c1-25(2,3)27(24(29)30)22(23(19-28)31-33(10,11)26(4,5)6)18-21-14-12-13-20(17-21)15-16-32(7,8)9/h12-14,17,19,22-23H,18H2,1-11H3,(H,29,30)/t22-,23+/m0/s1. The van der Waals surface area contributed by atoms with E-state index in [0.717, 1.165) is 17.4 Å². The van der Waals surface area contributed by atoms with Gasteiger partial charge in [-0.25, -0.2) is 4.79 Å². The maximum Gasteiger partial charge on any atom is 0.408 e. The first kappa shape index (κ1) is 29.1. The van der Waals surface area contributed by atoms with Gasteiger partial charge in [-0.05, 0) is 63.0 Å². The van der Waals surface area contributed by atoms with E-state index in [4.69, 9.17) is 4.43 Å². The van der Waals surface area contributed by atoms with E-state index in [1.165, 1.54) is 4.90 Å². The van der Waals surface area contributed by atoms with Crippen LogP contribution in [-0.2, 0) is 15.6 Å². The number of nitrogens with zero attached hydrogens (tertiary/aromatic N) is 1. The van der Waals surface area contributed by atoms with Crippen LogP contribution in [0.4, 0.5) is 4.79 Å². The van der Waals surface area contributed by atoms with E-state index >= 15 is 0 Å². The highest BCUT2D eigenvalue weighted by Gasteiger charge is 2.44. The third kappa shape index (κ3) is 8.76. The van der Waals surface area contributed by atoms with Gasteiger partial charge in [0.15, 0.2) is 8.32 Å². The quantitative estimate of drug-likeness (QED) is 0.281. The topological polar surface area (TPSA) is 66.8 Å². The van der Waals surface area contributed by atoms with Crippen molar-refractivity contribution in [3.63, 3.8) is 0 Å². The Bertz CT molecular complexity index is 896. The molecule has 7 heteroatoms. The summed E-state index contributed by atoms with van der Waals surface area (Å²) < 4.78 is 6.48. The van der Waals surface area contributed by atoms with Crippen molar-refractivity contribution in [1.82, 2.24) is 4.90 Å². The Morgan fingerprint density at radius 3 is 2.12 bits per heavy atom. The minimum absolute atomic E-state index is 0.110. The number of amides is 1. The van der Waals surface area contributed by atoms with Gasteiger partial charge in [0.25, 0.3) is 0 Å². The second-order valence-electron chi connectivity index (χ2n) is 12.3. The highest BCUT2D eigenvalue weighted by atomic mass is 28.4. The van der Waals surface area contributed by atoms with Crippen LogP contribution in [0, 0.1) is 11.5 Å². The lowest BCUT2D eigenvalue weighted by atomic mass is 9.94. The number of rotatable bonds is 7. The van der Waals surface area contributed by atoms with Crippen LogP contribution in [0.2, 0.25) is 37.8 Å². The van der Waals surface area contributed by atoms with Crippen LogP contribution < -0.4 is 0 Å². The lowest BCUT2D eigenvalue weighted by Gasteiger charge is -2.45. The molecule has 2 atom stereocenters. The van der Waals surface area contributed by atoms with Crippen molar-refractivity contribution < 1.29 is 19.1 Å². The van der Waals surface area contributed by atoms with E-state index in [1.54, 1.807) is 0 Å². The fourth-order valence-electron chi connectivity index (χ4n) is 3.27. The van der Waals surface area contributed by atoms with Crippen LogP contribution in [0.15, 0.2) is 24.3 Å². The maximum atomic E-state index is 12.4. The summed E-state index contributed by atoms with van der Waals surface area (Å²) in [5.74, 6) is 3.27. The van der Waals surface area contributed by atoms with Gasteiger partial charge in [-0.1, -0.05) is 58.5 Å². The Morgan fingerprint density at radius 2 is 1.70 bits per heavy atom. The number of carbonyl (C=O) groups excluding carboxylic acids is 1. The monoisotopic (exact) mass is 489 g/mol. The molecule has 0 aromatic heterocycles. The minimum Gasteiger partial charge on any atom is -0.465 e. The first-order valence-electron chi connectivity index (χ1n) is 11.6. The van der Waals surface area contributed by atoms with Gasteiger partial charge in [-0.2, -0.15) is 0 Å². The summed E-state index contributed by atoms with van der Waals surface area (Å²) in [6.07, 6.45) is -0.781. The number of benzene rings is 1. The first-order valence-corrected chi connectivity index (χ1v) is 18.0. The van der Waals surface area contributed by atoms with E-state index in [0.29, 0.717) is 6.42 Å². The molecule has 1 rings (SSSR count). The predicted octanol–water partition coefficient (Wildman–Crippen LogP) is 6.19. The maximum absolute atomic E-state index is 12.4. The van der Waals surface area contributed by atoms with Gasteiger partial charge in [0, 0.05) is 11.1 Å². The molecule has 1 aromatic rings. The van der Waals surface area contributed by atoms with E-state index in [1.807, 2.05) is 45.0 Å². The Balaban J connectivity index is 3.50. The van der Waals surface area contributed by atoms with Crippen molar-refractivity contribution in [3.8, 4) is 11.5 Å². The van der Waals surface area contributed by atoms with Gasteiger partial charge in [-0.3, -0.25) is 4.90 Å². The van der Waals surface area contributed by atoms with E-state index in [-0.39, 0.29) is 5.04 Å². The number of aldehydes is 1. The molecule has 0 saturated heterocycles. The average molecular weight is 490 g/mol. The van der Waals surface area contributed by atoms with Gasteiger partial charge >= 0.3 is 6.09 Å². The summed E-state index contributed by atoms with van der Waals surface area (Å²) in [7, 11) is -3.85. The average Bonchev–Trinajstić information content (AvgIpc) is 2.61. The molecule has 1 N–H and O–H groups in total. The van der Waals surface area contributed by atoms with Gasteiger partial charge in [0.1, 0.15) is 20.5 Å². The van der Waals surface area contributed by atoms with Crippen molar-refractivity contribution in [2.75, 3.05) is 0 Å². The molecule has 0 unspecified atom stereocenters. The third-order valence-electron chi connectivity index (χ3n) is 5.96. The fourth-order valence-corrected chi connectivity index (χ4v) is 5.04. The molecule has 0 aliphatic heterocycles. The highest BCUT2D eigenvalue weighted by molar-refractivity contribution is 6.83. The summed E-state index contributed by atoms with van der Waals surface area (Å²) in [4.78, 5) is 26.1. The molecule has 0 aliphatic carbocycles. The molecule has 5 nitrogen and oxygen atoms in total. The number of hydrogen-bond acceptors (Lipinski definition) is 3. The Hall–Kier alpha value is -1.89. The van der Waals surface area contributed by atoms with Crippen molar-refractivity contribution in [2.45, 2.75) is 103 Å². The third-order valence-corrected chi connectivity index (χ3v) is 11.3. The van der Waals surface area contributed by atoms with Crippen molar-refractivity contribution >= 4 is 28.8 Å². The molecule has 0 aliphatic rings. The second kappa shape index (κ2) is 10.6. The van der Waals surface area contributed by atoms with Crippen LogP contribution in [-0.4, -0.2) is 56.5 Å². The summed E-state index contributed by atoms with van der Waals surface area (Å²) in [5.41, 5.74) is 4.51. The zero-order chi connectivity index (χ0) is 25.8. The van der Waals surface area contributed by atoms with Crippen molar-refractivity contribution in [1.29, 1.82) is 0 Å². The van der Waals surface area contributed by atoms with Crippen molar-refractivity contribution in [3.05, 3.63) is 35.4 Å². The molecule has 0 heterocycles. The Kier molecular flexibility index (Phi) is 9.35. The summed E-state index contributed by atoms with van der Waals surface area (Å²) in [6, 6.07) is 7.20. The molecule has 33 heavy (non-hydrogen) atoms. The molecule has 0 fully saturated rings. The molecule has 0 spiro atoms. The van der Waals surface area contributed by atoms with Gasteiger partial charge < -0.3 is 14.3 Å². The molecule has 0 radical (unpaired) electrons. The number of carbonyl (C=O) groups is 2. The zero-order valence-electron chi connectivity index (χ0n) is 22.4. The smallest absolute Gasteiger partial charge is 0.408 e. The largest absolute Gasteiger partial charge is 0.465 e. The molecule has 1 aromatic carbocycles.